The predicted molar refractivity (Wildman–Crippen MR) is 161 cm³/mol. The van der Waals surface area contributed by atoms with E-state index in [1.807, 2.05) is 55.5 Å². The fourth-order valence-electron chi connectivity index (χ4n) is 7.51. The summed E-state index contributed by atoms with van der Waals surface area (Å²) in [7, 11) is 1.57. The first kappa shape index (κ1) is 28.9. The zero-order valence-electron chi connectivity index (χ0n) is 24.4. The van der Waals surface area contributed by atoms with E-state index in [4.69, 9.17) is 9.47 Å². The zero-order chi connectivity index (χ0) is 30.2. The Morgan fingerprint density at radius 2 is 1.58 bits per heavy atom. The van der Waals surface area contributed by atoms with Crippen molar-refractivity contribution >= 4 is 29.1 Å². The highest BCUT2D eigenvalue weighted by molar-refractivity contribution is 6.05. The van der Waals surface area contributed by atoms with E-state index in [0.29, 0.717) is 42.8 Å². The van der Waals surface area contributed by atoms with E-state index in [-0.39, 0.29) is 18.4 Å². The van der Waals surface area contributed by atoms with Crippen LogP contribution in [0.4, 0.5) is 11.4 Å². The minimum Gasteiger partial charge on any atom is -0.497 e. The molecule has 0 aromatic heterocycles. The Morgan fingerprint density at radius 3 is 2.21 bits per heavy atom. The Balaban J connectivity index is 1.40. The number of methoxy groups -OCH3 is 1. The number of hydrogen-bond acceptors (Lipinski definition) is 6. The maximum atomic E-state index is 14.6. The second kappa shape index (κ2) is 11.5. The molecule has 0 radical (unpaired) electrons. The number of aliphatic hydroxyl groups excluding tert-OH is 1. The molecule has 9 nitrogen and oxygen atoms in total. The van der Waals surface area contributed by atoms with E-state index >= 15 is 0 Å². The molecule has 3 N–H and O–H groups in total. The van der Waals surface area contributed by atoms with Gasteiger partial charge in [-0.15, -0.1) is 0 Å². The van der Waals surface area contributed by atoms with E-state index in [1.54, 1.807) is 43.5 Å². The van der Waals surface area contributed by atoms with Crippen molar-refractivity contribution in [1.29, 1.82) is 0 Å². The maximum Gasteiger partial charge on any atom is 0.250 e. The van der Waals surface area contributed by atoms with Crippen molar-refractivity contribution < 1.29 is 29.0 Å². The van der Waals surface area contributed by atoms with Gasteiger partial charge in [0.05, 0.1) is 37.2 Å². The third-order valence-corrected chi connectivity index (χ3v) is 9.47. The summed E-state index contributed by atoms with van der Waals surface area (Å²) in [6.45, 7) is 1.61. The molecule has 3 aliphatic rings. The van der Waals surface area contributed by atoms with Gasteiger partial charge in [0, 0.05) is 11.4 Å². The number of amides is 3. The SMILES string of the molecule is CC[C@]12CCC3(O1)C(C(=O)Nc1ccc(OC)cc1)N([C@@H](CO)Cc1ccccc1)C(=O)[C@@H]3[C@H]2C(=O)Nc1ccccc1. The van der Waals surface area contributed by atoms with Crippen LogP contribution in [0.2, 0.25) is 0 Å². The van der Waals surface area contributed by atoms with Crippen molar-refractivity contribution in [3.05, 3.63) is 90.5 Å². The molecule has 0 aliphatic carbocycles. The predicted octanol–water partition coefficient (Wildman–Crippen LogP) is 4.03. The third-order valence-electron chi connectivity index (χ3n) is 9.47. The Labute approximate surface area is 251 Å². The molecule has 3 aromatic carbocycles. The van der Waals surface area contributed by atoms with Crippen LogP contribution in [0.15, 0.2) is 84.9 Å². The largest absolute Gasteiger partial charge is 0.497 e. The van der Waals surface area contributed by atoms with Crippen LogP contribution in [-0.2, 0) is 25.5 Å². The van der Waals surface area contributed by atoms with Crippen LogP contribution in [-0.4, -0.2) is 64.7 Å². The molecule has 3 heterocycles. The van der Waals surface area contributed by atoms with Crippen LogP contribution >= 0.6 is 0 Å². The van der Waals surface area contributed by atoms with Gasteiger partial charge in [-0.1, -0.05) is 55.5 Å². The highest BCUT2D eigenvalue weighted by Crippen LogP contribution is 2.64. The number of benzene rings is 3. The van der Waals surface area contributed by atoms with Crippen molar-refractivity contribution in [2.24, 2.45) is 11.8 Å². The Kier molecular flexibility index (Phi) is 7.70. The van der Waals surface area contributed by atoms with Crippen LogP contribution in [0.25, 0.3) is 0 Å². The lowest BCUT2D eigenvalue weighted by Crippen LogP contribution is -2.57. The molecule has 2 unspecified atom stereocenters. The average molecular weight is 584 g/mol. The fourth-order valence-corrected chi connectivity index (χ4v) is 7.51. The zero-order valence-corrected chi connectivity index (χ0v) is 24.4. The fraction of sp³-hybridized carbons (Fsp3) is 0.382. The minimum absolute atomic E-state index is 0.298. The van der Waals surface area contributed by atoms with Crippen molar-refractivity contribution in [3.63, 3.8) is 0 Å². The topological polar surface area (TPSA) is 117 Å². The molecule has 43 heavy (non-hydrogen) atoms. The van der Waals surface area contributed by atoms with Crippen LogP contribution in [0.3, 0.4) is 0 Å². The van der Waals surface area contributed by atoms with Crippen LogP contribution in [0, 0.1) is 11.8 Å². The summed E-state index contributed by atoms with van der Waals surface area (Å²) in [6.07, 6.45) is 1.86. The second-order valence-corrected chi connectivity index (χ2v) is 11.7. The number of ether oxygens (including phenoxy) is 2. The lowest BCUT2D eigenvalue weighted by atomic mass is 9.65. The Morgan fingerprint density at radius 1 is 0.953 bits per heavy atom. The number of likely N-dealkylation sites (tertiary alicyclic amines) is 1. The molecule has 3 aromatic rings. The molecule has 6 atom stereocenters. The van der Waals surface area contributed by atoms with E-state index in [1.165, 1.54) is 4.90 Å². The summed E-state index contributed by atoms with van der Waals surface area (Å²) in [5.41, 5.74) is -0.00144. The molecule has 3 aliphatic heterocycles. The molecule has 3 saturated heterocycles. The number of fused-ring (bicyclic) bond motifs is 1. The molecule has 0 saturated carbocycles. The number of carbonyl (C=O) groups excluding carboxylic acids is 3. The van der Waals surface area contributed by atoms with E-state index in [2.05, 4.69) is 10.6 Å². The number of nitrogens with one attached hydrogen (secondary N) is 2. The first-order valence-corrected chi connectivity index (χ1v) is 14.8. The van der Waals surface area contributed by atoms with E-state index in [0.717, 1.165) is 5.56 Å². The lowest BCUT2D eigenvalue weighted by Gasteiger charge is -2.37. The number of anilines is 2. The van der Waals surface area contributed by atoms with Crippen molar-refractivity contribution in [3.8, 4) is 5.75 Å². The number of para-hydroxylation sites is 1. The van der Waals surface area contributed by atoms with Gasteiger partial charge in [0.15, 0.2) is 0 Å². The minimum atomic E-state index is -1.22. The van der Waals surface area contributed by atoms with Gasteiger partial charge in [-0.05, 0) is 67.6 Å². The lowest BCUT2D eigenvalue weighted by molar-refractivity contribution is -0.148. The van der Waals surface area contributed by atoms with Gasteiger partial charge >= 0.3 is 0 Å². The van der Waals surface area contributed by atoms with Gasteiger partial charge < -0.3 is 30.1 Å². The van der Waals surface area contributed by atoms with Crippen LogP contribution in [0.5, 0.6) is 5.75 Å². The van der Waals surface area contributed by atoms with Gasteiger partial charge in [-0.2, -0.15) is 0 Å². The summed E-state index contributed by atoms with van der Waals surface area (Å²) in [6, 6.07) is 23.9. The first-order valence-electron chi connectivity index (χ1n) is 14.8. The molecular weight excluding hydrogens is 546 g/mol. The molecule has 224 valence electrons. The van der Waals surface area contributed by atoms with Crippen molar-refractivity contribution in [2.45, 2.75) is 55.9 Å². The van der Waals surface area contributed by atoms with Crippen LogP contribution in [0.1, 0.15) is 31.7 Å². The van der Waals surface area contributed by atoms with Gasteiger partial charge in [0.25, 0.3) is 0 Å². The average Bonchev–Trinajstić information content (AvgIpc) is 3.64. The van der Waals surface area contributed by atoms with E-state index in [9.17, 15) is 19.5 Å². The van der Waals surface area contributed by atoms with E-state index < -0.39 is 41.0 Å². The normalized spacial score (nSPS) is 27.9. The van der Waals surface area contributed by atoms with Gasteiger partial charge in [-0.3, -0.25) is 14.4 Å². The van der Waals surface area contributed by atoms with Crippen LogP contribution < -0.4 is 15.4 Å². The number of hydrogen-bond donors (Lipinski definition) is 3. The summed E-state index contributed by atoms with van der Waals surface area (Å²) < 4.78 is 12.1. The molecule has 2 bridgehead atoms. The standard InChI is InChI=1S/C34H37N3O6/c1-3-33-18-19-34(43-33)28(27(33)30(39)35-23-12-8-5-9-13-23)32(41)37(25(21-38)20-22-10-6-4-7-11-22)29(34)31(40)36-24-14-16-26(42-2)17-15-24/h4-17,25,27-29,38H,3,18-21H2,1-2H3,(H,35,39)(H,36,40)/t25-,27+,28+,29?,33-,34?/m1/s1. The summed E-state index contributed by atoms with van der Waals surface area (Å²) in [4.78, 5) is 44.4. The number of rotatable bonds is 10. The summed E-state index contributed by atoms with van der Waals surface area (Å²) in [5, 5.41) is 16.6. The Bertz CT molecular complexity index is 1480. The number of carbonyl (C=O) groups is 3. The van der Waals surface area contributed by atoms with Gasteiger partial charge in [0.1, 0.15) is 17.4 Å². The molecular formula is C34H37N3O6. The third kappa shape index (κ3) is 4.86. The Hall–Kier alpha value is -4.21. The first-order chi connectivity index (χ1) is 20.9. The monoisotopic (exact) mass is 583 g/mol. The second-order valence-electron chi connectivity index (χ2n) is 11.7. The van der Waals surface area contributed by atoms with Crippen molar-refractivity contribution in [1.82, 2.24) is 4.90 Å². The molecule has 9 heteroatoms. The highest BCUT2D eigenvalue weighted by atomic mass is 16.5. The quantitative estimate of drug-likeness (QED) is 0.332. The maximum absolute atomic E-state index is 14.6. The molecule has 1 spiro atoms. The van der Waals surface area contributed by atoms with Gasteiger partial charge in [-0.25, -0.2) is 0 Å². The van der Waals surface area contributed by atoms with Crippen molar-refractivity contribution in [2.75, 3.05) is 24.4 Å². The summed E-state index contributed by atoms with van der Waals surface area (Å²) >= 11 is 0. The summed E-state index contributed by atoms with van der Waals surface area (Å²) in [5.74, 6) is -2.07. The number of nitrogens with zero attached hydrogens (tertiary/aromatic N) is 1. The van der Waals surface area contributed by atoms with Gasteiger partial charge in [0.2, 0.25) is 17.7 Å². The molecule has 3 amide bonds. The molecule has 6 rings (SSSR count). The highest BCUT2D eigenvalue weighted by Gasteiger charge is 2.79. The number of aliphatic hydroxyl groups is 1. The smallest absolute Gasteiger partial charge is 0.250 e. The molecule has 3 fully saturated rings.